The lowest BCUT2D eigenvalue weighted by Crippen LogP contribution is -2.54. The normalized spacial score (nSPS) is 29.1. The molecule has 190 valence electrons. The summed E-state index contributed by atoms with van der Waals surface area (Å²) in [6.07, 6.45) is 0.511. The fourth-order valence-corrected chi connectivity index (χ4v) is 6.15. The van der Waals surface area contributed by atoms with Gasteiger partial charge in [-0.3, -0.25) is 14.4 Å². The molecule has 5 rings (SSSR count). The summed E-state index contributed by atoms with van der Waals surface area (Å²) in [7, 11) is 1.56. The third kappa shape index (κ3) is 3.74. The molecule has 9 heteroatoms. The maximum atomic E-state index is 14.0. The van der Waals surface area contributed by atoms with Gasteiger partial charge in [0.1, 0.15) is 17.4 Å². The average Bonchev–Trinajstić information content (AvgIpc) is 3.53. The van der Waals surface area contributed by atoms with Gasteiger partial charge in [-0.1, -0.05) is 30.3 Å². The number of methoxy groups -OCH3 is 1. The molecule has 0 saturated carbocycles. The molecule has 2 aromatic carbocycles. The topological polar surface area (TPSA) is 114 Å². The van der Waals surface area contributed by atoms with Crippen molar-refractivity contribution in [1.82, 2.24) is 4.90 Å². The van der Waals surface area contributed by atoms with Crippen molar-refractivity contribution in [3.63, 3.8) is 0 Å². The quantitative estimate of drug-likeness (QED) is 0.541. The van der Waals surface area contributed by atoms with Gasteiger partial charge >= 0.3 is 5.97 Å². The molecule has 3 fully saturated rings. The van der Waals surface area contributed by atoms with E-state index >= 15 is 0 Å². The van der Waals surface area contributed by atoms with Crippen LogP contribution in [0.15, 0.2) is 54.6 Å². The second-order valence-corrected chi connectivity index (χ2v) is 9.38. The predicted molar refractivity (Wildman–Crippen MR) is 129 cm³/mol. The van der Waals surface area contributed by atoms with E-state index in [0.29, 0.717) is 29.8 Å². The number of rotatable bonds is 8. The van der Waals surface area contributed by atoms with E-state index < -0.39 is 54.1 Å². The minimum atomic E-state index is -1.18. The fourth-order valence-electron chi connectivity index (χ4n) is 6.15. The Kier molecular flexibility index (Phi) is 6.44. The highest BCUT2D eigenvalue weighted by Gasteiger charge is 2.75. The van der Waals surface area contributed by atoms with Gasteiger partial charge in [0.15, 0.2) is 0 Å². The Bertz CT molecular complexity index is 1140. The number of aliphatic hydroxyl groups is 1. The summed E-state index contributed by atoms with van der Waals surface area (Å²) in [6.45, 7) is 1.51. The molecule has 2 bridgehead atoms. The Hall–Kier alpha value is -3.43. The van der Waals surface area contributed by atoms with Crippen molar-refractivity contribution in [2.45, 2.75) is 43.6 Å². The zero-order valence-corrected chi connectivity index (χ0v) is 20.3. The lowest BCUT2D eigenvalue weighted by atomic mass is 9.70. The number of fused-ring (bicyclic) bond motifs is 1. The van der Waals surface area contributed by atoms with E-state index in [1.807, 2.05) is 18.2 Å². The smallest absolute Gasteiger partial charge is 0.312 e. The number of ether oxygens (including phenoxy) is 3. The number of aliphatic hydroxyl groups excluding tert-OH is 1. The van der Waals surface area contributed by atoms with Crippen molar-refractivity contribution in [2.75, 3.05) is 25.6 Å². The molecule has 2 aromatic rings. The van der Waals surface area contributed by atoms with Crippen LogP contribution in [0, 0.1) is 11.8 Å². The first kappa shape index (κ1) is 24.3. The predicted octanol–water partition coefficient (Wildman–Crippen LogP) is 2.30. The SMILES string of the molecule is CCOC(=O)[C@@H]1[C@H]2C(=O)N([C@H](CO)c3ccccc3)[C@H](C(=O)Nc3ccc(OC)cc3)[C@]23CC[C@H]1O3. The summed E-state index contributed by atoms with van der Waals surface area (Å²) >= 11 is 0. The molecule has 3 saturated heterocycles. The van der Waals surface area contributed by atoms with E-state index in [1.165, 1.54) is 4.90 Å². The van der Waals surface area contributed by atoms with Gasteiger partial charge in [-0.25, -0.2) is 0 Å². The number of hydrogen-bond acceptors (Lipinski definition) is 7. The number of hydrogen-bond donors (Lipinski definition) is 2. The highest BCUT2D eigenvalue weighted by Crippen LogP contribution is 2.59. The average molecular weight is 495 g/mol. The monoisotopic (exact) mass is 494 g/mol. The van der Waals surface area contributed by atoms with Crippen molar-refractivity contribution >= 4 is 23.5 Å². The molecule has 2 amide bonds. The van der Waals surface area contributed by atoms with Crippen LogP contribution < -0.4 is 10.1 Å². The van der Waals surface area contributed by atoms with Crippen LogP contribution in [0.5, 0.6) is 5.75 Å². The Morgan fingerprint density at radius 3 is 2.56 bits per heavy atom. The van der Waals surface area contributed by atoms with E-state index in [4.69, 9.17) is 14.2 Å². The van der Waals surface area contributed by atoms with Crippen LogP contribution >= 0.6 is 0 Å². The van der Waals surface area contributed by atoms with Crippen molar-refractivity contribution in [2.24, 2.45) is 11.8 Å². The largest absolute Gasteiger partial charge is 0.497 e. The number of nitrogens with zero attached hydrogens (tertiary/aromatic N) is 1. The summed E-state index contributed by atoms with van der Waals surface area (Å²) in [6, 6.07) is 14.1. The van der Waals surface area contributed by atoms with Crippen molar-refractivity contribution < 1.29 is 33.7 Å². The summed E-state index contributed by atoms with van der Waals surface area (Å²) in [5.41, 5.74) is 0.0368. The summed E-state index contributed by atoms with van der Waals surface area (Å²) in [5.74, 6) is -2.31. The number of nitrogens with one attached hydrogen (secondary N) is 1. The van der Waals surface area contributed by atoms with Gasteiger partial charge in [-0.05, 0) is 49.6 Å². The van der Waals surface area contributed by atoms with Gasteiger partial charge < -0.3 is 29.5 Å². The van der Waals surface area contributed by atoms with Crippen LogP contribution in [0.1, 0.15) is 31.4 Å². The maximum Gasteiger partial charge on any atom is 0.312 e. The van der Waals surface area contributed by atoms with Crippen LogP contribution in [0.4, 0.5) is 5.69 Å². The standard InChI is InChI=1S/C27H30N2O7/c1-3-35-26(33)21-20-13-14-27(36-20)22(21)25(32)29(19(15-30)16-7-5-4-6-8-16)23(27)24(31)28-17-9-11-18(34-2)12-10-17/h4-12,19-23,30H,3,13-15H2,1-2H3,(H,28,31)/t19-,20-,21+,22+,23-,27+/m1/s1. The lowest BCUT2D eigenvalue weighted by molar-refractivity contribution is -0.155. The zero-order valence-electron chi connectivity index (χ0n) is 20.3. The zero-order chi connectivity index (χ0) is 25.4. The van der Waals surface area contributed by atoms with Gasteiger partial charge in [0.05, 0.1) is 44.3 Å². The van der Waals surface area contributed by atoms with E-state index in [1.54, 1.807) is 50.4 Å². The van der Waals surface area contributed by atoms with E-state index in [9.17, 15) is 19.5 Å². The number of carbonyl (C=O) groups is 3. The molecule has 0 aliphatic carbocycles. The highest BCUT2D eigenvalue weighted by molar-refractivity contribution is 6.03. The maximum absolute atomic E-state index is 14.0. The third-order valence-corrected chi connectivity index (χ3v) is 7.60. The molecule has 3 heterocycles. The Balaban J connectivity index is 1.56. The summed E-state index contributed by atoms with van der Waals surface area (Å²) < 4.78 is 16.9. The van der Waals surface area contributed by atoms with Gasteiger partial charge in [0.2, 0.25) is 11.8 Å². The van der Waals surface area contributed by atoms with Crippen LogP contribution in [0.3, 0.4) is 0 Å². The number of esters is 1. The van der Waals surface area contributed by atoms with Gasteiger partial charge in [0.25, 0.3) is 0 Å². The second kappa shape index (κ2) is 9.55. The highest BCUT2D eigenvalue weighted by atomic mass is 16.6. The minimum absolute atomic E-state index is 0.185. The number of amides is 2. The molecule has 2 N–H and O–H groups in total. The Morgan fingerprint density at radius 2 is 1.92 bits per heavy atom. The molecule has 0 radical (unpaired) electrons. The fraction of sp³-hybridized carbons (Fsp3) is 0.444. The first-order valence-corrected chi connectivity index (χ1v) is 12.2. The number of likely N-dealkylation sites (tertiary alicyclic amines) is 1. The lowest BCUT2D eigenvalue weighted by Gasteiger charge is -2.36. The molecule has 6 atom stereocenters. The molecule has 1 spiro atoms. The van der Waals surface area contributed by atoms with Crippen LogP contribution in [-0.2, 0) is 23.9 Å². The molecule has 9 nitrogen and oxygen atoms in total. The number of anilines is 1. The number of carbonyl (C=O) groups excluding carboxylic acids is 3. The molecule has 36 heavy (non-hydrogen) atoms. The van der Waals surface area contributed by atoms with Gasteiger partial charge in [-0.2, -0.15) is 0 Å². The molecule has 0 unspecified atom stereocenters. The minimum Gasteiger partial charge on any atom is -0.497 e. The van der Waals surface area contributed by atoms with Crippen LogP contribution in [0.2, 0.25) is 0 Å². The third-order valence-electron chi connectivity index (χ3n) is 7.60. The van der Waals surface area contributed by atoms with E-state index in [2.05, 4.69) is 5.32 Å². The molecule has 0 aromatic heterocycles. The van der Waals surface area contributed by atoms with Crippen molar-refractivity contribution in [3.8, 4) is 5.75 Å². The van der Waals surface area contributed by atoms with Gasteiger partial charge in [-0.15, -0.1) is 0 Å². The summed E-state index contributed by atoms with van der Waals surface area (Å²) in [5, 5.41) is 13.3. The first-order valence-electron chi connectivity index (χ1n) is 12.2. The van der Waals surface area contributed by atoms with E-state index in [0.717, 1.165) is 0 Å². The van der Waals surface area contributed by atoms with Gasteiger partial charge in [0, 0.05) is 5.69 Å². The Morgan fingerprint density at radius 1 is 1.19 bits per heavy atom. The molecular weight excluding hydrogens is 464 g/mol. The van der Waals surface area contributed by atoms with Crippen molar-refractivity contribution in [3.05, 3.63) is 60.2 Å². The second-order valence-electron chi connectivity index (χ2n) is 9.38. The Labute approximate surface area is 209 Å². The number of benzene rings is 2. The molecule has 3 aliphatic heterocycles. The molecule has 3 aliphatic rings. The first-order chi connectivity index (χ1) is 17.4. The summed E-state index contributed by atoms with van der Waals surface area (Å²) in [4.78, 5) is 42.3. The van der Waals surface area contributed by atoms with E-state index in [-0.39, 0.29) is 12.5 Å². The van der Waals surface area contributed by atoms with Crippen LogP contribution in [-0.4, -0.2) is 65.9 Å². The van der Waals surface area contributed by atoms with Crippen molar-refractivity contribution in [1.29, 1.82) is 0 Å². The molecular formula is C27H30N2O7. The van der Waals surface area contributed by atoms with Crippen LogP contribution in [0.25, 0.3) is 0 Å².